The number of aliphatic hydroxyl groups excluding tert-OH is 1. The van der Waals surface area contributed by atoms with Crippen molar-refractivity contribution in [3.63, 3.8) is 0 Å². The number of aliphatic hydroxyl groups is 1. The topological polar surface area (TPSA) is 40.5 Å². The van der Waals surface area contributed by atoms with Crippen molar-refractivity contribution in [1.82, 2.24) is 4.90 Å². The van der Waals surface area contributed by atoms with Crippen molar-refractivity contribution in [2.24, 2.45) is 5.92 Å². The van der Waals surface area contributed by atoms with Gasteiger partial charge in [0, 0.05) is 13.1 Å². The monoisotopic (exact) mass is 403 g/mol. The van der Waals surface area contributed by atoms with E-state index >= 15 is 0 Å². The van der Waals surface area contributed by atoms with Gasteiger partial charge in [-0.1, -0.05) is 48.1 Å². The maximum atomic E-state index is 14.4. The van der Waals surface area contributed by atoms with Crippen LogP contribution in [0.1, 0.15) is 83.9 Å². The second-order valence-electron chi connectivity index (χ2n) is 10.6. The van der Waals surface area contributed by atoms with Gasteiger partial charge in [0.25, 0.3) is 0 Å². The standard InChI is InChI=1S/C25H38FNO2/c1-17(28)14-23(29)27-12-10-18(11-13-27)8-9-20-21(24(2,3)4)15-19(26)16-22(20)25(5,6)7/h15-16,18,28H,1,8-14H2,2-7H3. The Morgan fingerprint density at radius 3 is 2.00 bits per heavy atom. The van der Waals surface area contributed by atoms with Crippen molar-refractivity contribution in [2.45, 2.75) is 84.5 Å². The Morgan fingerprint density at radius 2 is 1.59 bits per heavy atom. The zero-order valence-electron chi connectivity index (χ0n) is 19.1. The van der Waals surface area contributed by atoms with Gasteiger partial charge in [-0.2, -0.15) is 0 Å². The van der Waals surface area contributed by atoms with Crippen LogP contribution in [0.25, 0.3) is 0 Å². The average Bonchev–Trinajstić information content (AvgIpc) is 2.58. The Balaban J connectivity index is 2.13. The summed E-state index contributed by atoms with van der Waals surface area (Å²) in [4.78, 5) is 13.9. The number of piperidine rings is 1. The fraction of sp³-hybridized carbons (Fsp3) is 0.640. The highest BCUT2D eigenvalue weighted by atomic mass is 19.1. The fourth-order valence-corrected chi connectivity index (χ4v) is 4.35. The van der Waals surface area contributed by atoms with Crippen molar-refractivity contribution in [1.29, 1.82) is 0 Å². The van der Waals surface area contributed by atoms with E-state index in [0.717, 1.165) is 49.9 Å². The van der Waals surface area contributed by atoms with Gasteiger partial charge in [-0.05, 0) is 71.3 Å². The zero-order chi connectivity index (χ0) is 22.0. The quantitative estimate of drug-likeness (QED) is 0.608. The molecule has 0 bridgehead atoms. The minimum atomic E-state index is -0.152. The van der Waals surface area contributed by atoms with Crippen LogP contribution in [0.2, 0.25) is 0 Å². The molecule has 29 heavy (non-hydrogen) atoms. The number of hydrogen-bond acceptors (Lipinski definition) is 2. The zero-order valence-corrected chi connectivity index (χ0v) is 19.1. The number of halogens is 1. The van der Waals surface area contributed by atoms with Crippen molar-refractivity contribution < 1.29 is 14.3 Å². The van der Waals surface area contributed by atoms with Crippen LogP contribution >= 0.6 is 0 Å². The van der Waals surface area contributed by atoms with E-state index in [0.29, 0.717) is 5.92 Å². The lowest BCUT2D eigenvalue weighted by Gasteiger charge is -2.34. The van der Waals surface area contributed by atoms with E-state index in [2.05, 4.69) is 48.1 Å². The third kappa shape index (κ3) is 6.32. The first kappa shape index (κ1) is 23.4. The summed E-state index contributed by atoms with van der Waals surface area (Å²) in [7, 11) is 0. The molecule has 4 heteroatoms. The van der Waals surface area contributed by atoms with Crippen molar-refractivity contribution in [2.75, 3.05) is 13.1 Å². The largest absolute Gasteiger partial charge is 0.512 e. The summed E-state index contributed by atoms with van der Waals surface area (Å²) >= 11 is 0. The normalized spacial score (nSPS) is 16.2. The van der Waals surface area contributed by atoms with Gasteiger partial charge in [-0.25, -0.2) is 4.39 Å². The Morgan fingerprint density at radius 1 is 1.10 bits per heavy atom. The highest BCUT2D eigenvalue weighted by molar-refractivity contribution is 5.78. The van der Waals surface area contributed by atoms with Gasteiger partial charge in [0.1, 0.15) is 5.82 Å². The van der Waals surface area contributed by atoms with Gasteiger partial charge < -0.3 is 10.0 Å². The summed E-state index contributed by atoms with van der Waals surface area (Å²) < 4.78 is 14.4. The number of amides is 1. The van der Waals surface area contributed by atoms with E-state index in [4.69, 9.17) is 0 Å². The molecule has 0 aliphatic carbocycles. The summed E-state index contributed by atoms with van der Waals surface area (Å²) in [6.07, 6.45) is 3.95. The van der Waals surface area contributed by atoms with E-state index in [-0.39, 0.29) is 34.7 Å². The van der Waals surface area contributed by atoms with Crippen LogP contribution in [0.4, 0.5) is 4.39 Å². The fourth-order valence-electron chi connectivity index (χ4n) is 4.35. The van der Waals surface area contributed by atoms with Gasteiger partial charge in [-0.15, -0.1) is 0 Å². The second-order valence-corrected chi connectivity index (χ2v) is 10.6. The van der Waals surface area contributed by atoms with E-state index in [1.165, 1.54) is 5.56 Å². The smallest absolute Gasteiger partial charge is 0.230 e. The second kappa shape index (κ2) is 8.89. The molecule has 0 spiro atoms. The average molecular weight is 404 g/mol. The van der Waals surface area contributed by atoms with Crippen LogP contribution in [-0.4, -0.2) is 29.0 Å². The SMILES string of the molecule is C=C(O)CC(=O)N1CCC(CCc2c(C(C)(C)C)cc(F)cc2C(C)(C)C)CC1. The van der Waals surface area contributed by atoms with Crippen LogP contribution < -0.4 is 0 Å². The maximum absolute atomic E-state index is 14.4. The first-order valence-corrected chi connectivity index (χ1v) is 10.8. The van der Waals surface area contributed by atoms with E-state index in [1.54, 1.807) is 12.1 Å². The predicted octanol–water partition coefficient (Wildman–Crippen LogP) is 6.05. The van der Waals surface area contributed by atoms with Crippen molar-refractivity contribution in [3.8, 4) is 0 Å². The molecule has 0 atom stereocenters. The molecule has 1 aromatic rings. The minimum absolute atomic E-state index is 0.0180. The van der Waals surface area contributed by atoms with Crippen molar-refractivity contribution >= 4 is 5.91 Å². The van der Waals surface area contributed by atoms with E-state index in [9.17, 15) is 14.3 Å². The molecule has 1 amide bonds. The molecular formula is C25H38FNO2. The molecule has 1 aliphatic rings. The highest BCUT2D eigenvalue weighted by Gasteiger charge is 2.28. The molecule has 1 saturated heterocycles. The number of nitrogens with zero attached hydrogens (tertiary/aromatic N) is 1. The summed E-state index contributed by atoms with van der Waals surface area (Å²) in [6, 6.07) is 3.43. The lowest BCUT2D eigenvalue weighted by atomic mass is 9.74. The predicted molar refractivity (Wildman–Crippen MR) is 118 cm³/mol. The van der Waals surface area contributed by atoms with Gasteiger partial charge in [0.05, 0.1) is 12.2 Å². The molecule has 0 radical (unpaired) electrons. The summed E-state index contributed by atoms with van der Waals surface area (Å²) in [5.74, 6) is 0.292. The number of carbonyl (C=O) groups excluding carboxylic acids is 1. The lowest BCUT2D eigenvalue weighted by molar-refractivity contribution is -0.132. The maximum Gasteiger partial charge on any atom is 0.230 e. The molecule has 1 aliphatic heterocycles. The summed E-state index contributed by atoms with van der Waals surface area (Å²) in [5, 5.41) is 9.25. The Kier molecular flexibility index (Phi) is 7.19. The molecule has 1 aromatic carbocycles. The highest BCUT2D eigenvalue weighted by Crippen LogP contribution is 2.36. The van der Waals surface area contributed by atoms with Crippen LogP contribution in [0.15, 0.2) is 24.5 Å². The van der Waals surface area contributed by atoms with Gasteiger partial charge in [-0.3, -0.25) is 4.79 Å². The number of likely N-dealkylation sites (tertiary alicyclic amines) is 1. The lowest BCUT2D eigenvalue weighted by Crippen LogP contribution is -2.38. The Hall–Kier alpha value is -1.84. The molecule has 162 valence electrons. The number of benzene rings is 1. The molecule has 0 aromatic heterocycles. The van der Waals surface area contributed by atoms with Crippen LogP contribution in [0.5, 0.6) is 0 Å². The first-order chi connectivity index (χ1) is 13.3. The van der Waals surface area contributed by atoms with Gasteiger partial charge in [0.2, 0.25) is 5.91 Å². The van der Waals surface area contributed by atoms with Crippen molar-refractivity contribution in [3.05, 3.63) is 47.0 Å². The van der Waals surface area contributed by atoms with E-state index in [1.807, 2.05) is 4.90 Å². The van der Waals surface area contributed by atoms with Crippen LogP contribution in [0, 0.1) is 11.7 Å². The summed E-state index contributed by atoms with van der Waals surface area (Å²) in [6.45, 7) is 17.8. The molecule has 0 unspecified atom stereocenters. The van der Waals surface area contributed by atoms with E-state index < -0.39 is 0 Å². The molecule has 1 fully saturated rings. The molecule has 1 N–H and O–H groups in total. The van der Waals surface area contributed by atoms with Crippen LogP contribution in [0.3, 0.4) is 0 Å². The first-order valence-electron chi connectivity index (χ1n) is 10.8. The third-order valence-electron chi connectivity index (χ3n) is 5.96. The minimum Gasteiger partial charge on any atom is -0.512 e. The Labute approximate surface area is 176 Å². The summed E-state index contributed by atoms with van der Waals surface area (Å²) in [5.41, 5.74) is 3.29. The molecule has 3 nitrogen and oxygen atoms in total. The van der Waals surface area contributed by atoms with Gasteiger partial charge >= 0.3 is 0 Å². The Bertz CT molecular complexity index is 712. The van der Waals surface area contributed by atoms with Crippen LogP contribution in [-0.2, 0) is 22.0 Å². The molecule has 0 saturated carbocycles. The number of hydrogen-bond donors (Lipinski definition) is 1. The molecular weight excluding hydrogens is 365 g/mol. The number of carbonyl (C=O) groups is 1. The third-order valence-corrected chi connectivity index (χ3v) is 5.96. The van der Waals surface area contributed by atoms with Gasteiger partial charge in [0.15, 0.2) is 0 Å². The molecule has 2 rings (SSSR count). The number of rotatable bonds is 5. The molecule has 1 heterocycles.